The predicted octanol–water partition coefficient (Wildman–Crippen LogP) is 4.11. The third-order valence-corrected chi connectivity index (χ3v) is 8.33. The first-order valence-corrected chi connectivity index (χ1v) is 14.6. The van der Waals surface area contributed by atoms with E-state index in [0.29, 0.717) is 54.5 Å². The van der Waals surface area contributed by atoms with Crippen molar-refractivity contribution in [2.45, 2.75) is 37.3 Å². The van der Waals surface area contributed by atoms with Crippen LogP contribution in [0.2, 0.25) is 0 Å². The molecule has 4 aromatic rings. The molecule has 4 heterocycles. The van der Waals surface area contributed by atoms with E-state index in [1.165, 1.54) is 12.7 Å². The molecule has 2 saturated heterocycles. The average Bonchev–Trinajstić information content (AvgIpc) is 3.62. The molecule has 0 aliphatic carbocycles. The summed E-state index contributed by atoms with van der Waals surface area (Å²) in [5.41, 5.74) is 4.67. The number of hydrogen-bond acceptors (Lipinski definition) is 8. The second-order valence-corrected chi connectivity index (χ2v) is 11.0. The Morgan fingerprint density at radius 2 is 1.84 bits per heavy atom. The summed E-state index contributed by atoms with van der Waals surface area (Å²) in [7, 11) is 1.40. The van der Waals surface area contributed by atoms with Crippen molar-refractivity contribution in [2.24, 2.45) is 4.99 Å². The van der Waals surface area contributed by atoms with E-state index in [0.717, 1.165) is 23.0 Å². The summed E-state index contributed by atoms with van der Waals surface area (Å²) in [6.45, 7) is 2.01. The van der Waals surface area contributed by atoms with Gasteiger partial charge in [-0.25, -0.2) is 9.79 Å². The first kappa shape index (κ1) is 27.5. The quantitative estimate of drug-likeness (QED) is 0.327. The van der Waals surface area contributed by atoms with E-state index in [4.69, 9.17) is 28.9 Å². The SMILES string of the molecule is COC(=O)c1c2c(nc3ccccc13)CCN(CCc1ccccc1)/C2=N\c1cccc(O[C@H]2CO[C@H]3[C@@H]2OC[C@@H]3O)c1. The fraction of sp³-hybridized carbons (Fsp3) is 0.324. The number of amidine groups is 1. The molecule has 1 N–H and O–H groups in total. The summed E-state index contributed by atoms with van der Waals surface area (Å²) in [5.74, 6) is 0.886. The number of benzene rings is 3. The van der Waals surface area contributed by atoms with Gasteiger partial charge in [0.15, 0.2) is 6.10 Å². The second kappa shape index (κ2) is 11.8. The second-order valence-electron chi connectivity index (χ2n) is 11.0. The number of pyridine rings is 1. The summed E-state index contributed by atoms with van der Waals surface area (Å²) in [4.78, 5) is 25.7. The number of aliphatic hydroxyl groups excluding tert-OH is 1. The number of carbonyl (C=O) groups is 1. The number of ether oxygens (including phenoxy) is 4. The van der Waals surface area contributed by atoms with E-state index in [-0.39, 0.29) is 24.9 Å². The maximum absolute atomic E-state index is 13.4. The van der Waals surface area contributed by atoms with Crippen LogP contribution in [-0.2, 0) is 27.1 Å². The fourth-order valence-corrected chi connectivity index (χ4v) is 6.23. The van der Waals surface area contributed by atoms with E-state index in [9.17, 15) is 9.90 Å². The highest BCUT2D eigenvalue weighted by Gasteiger charge is 2.48. The lowest BCUT2D eigenvalue weighted by atomic mass is 9.94. The molecule has 2 fully saturated rings. The Balaban J connectivity index is 1.28. The van der Waals surface area contributed by atoms with Crippen molar-refractivity contribution in [3.63, 3.8) is 0 Å². The molecule has 0 unspecified atom stereocenters. The fourth-order valence-electron chi connectivity index (χ4n) is 6.23. The third kappa shape index (κ3) is 5.35. The van der Waals surface area contributed by atoms with Gasteiger partial charge in [-0.15, -0.1) is 0 Å². The van der Waals surface area contributed by atoms with Crippen molar-refractivity contribution in [2.75, 3.05) is 33.4 Å². The number of para-hydroxylation sites is 1. The van der Waals surface area contributed by atoms with Crippen molar-refractivity contribution in [3.05, 3.63) is 101 Å². The molecule has 43 heavy (non-hydrogen) atoms. The molecule has 9 heteroatoms. The number of methoxy groups -OCH3 is 1. The van der Waals surface area contributed by atoms with Crippen LogP contribution in [0.25, 0.3) is 10.9 Å². The minimum atomic E-state index is -0.640. The molecule has 0 saturated carbocycles. The number of nitrogens with zero attached hydrogens (tertiary/aromatic N) is 3. The molecule has 1 aromatic heterocycles. The normalized spacial score (nSPS) is 23.8. The number of carbonyl (C=O) groups excluding carboxylic acids is 1. The van der Waals surface area contributed by atoms with Crippen molar-refractivity contribution < 1.29 is 28.8 Å². The predicted molar refractivity (Wildman–Crippen MR) is 161 cm³/mol. The third-order valence-electron chi connectivity index (χ3n) is 8.33. The Kier molecular flexibility index (Phi) is 7.52. The molecule has 0 spiro atoms. The van der Waals surface area contributed by atoms with E-state index in [1.54, 1.807) is 0 Å². The highest BCUT2D eigenvalue weighted by molar-refractivity contribution is 6.16. The minimum Gasteiger partial charge on any atom is -0.485 e. The molecule has 3 aromatic carbocycles. The van der Waals surface area contributed by atoms with Crippen LogP contribution in [-0.4, -0.2) is 84.6 Å². The standard InChI is InChI=1S/C34H33N3O6/c1-40-34(39)29-24-12-5-6-13-25(24)36-26-15-17-37(16-14-21-8-3-2-4-9-21)33(30(26)29)35-22-10-7-11-23(18-22)43-28-20-42-31-27(38)19-41-32(28)31/h2-13,18,27-28,31-32,38H,14-17,19-20H2,1H3/b35-33-/t27-,28-,31+,32+/m0/s1. The maximum atomic E-state index is 13.4. The van der Waals surface area contributed by atoms with Crippen LogP contribution >= 0.6 is 0 Å². The molecule has 0 amide bonds. The molecule has 7 rings (SSSR count). The largest absolute Gasteiger partial charge is 0.485 e. The number of aliphatic hydroxyl groups is 1. The molecule has 0 bridgehead atoms. The van der Waals surface area contributed by atoms with E-state index in [2.05, 4.69) is 17.0 Å². The Hall–Kier alpha value is -4.31. The maximum Gasteiger partial charge on any atom is 0.339 e. The highest BCUT2D eigenvalue weighted by atomic mass is 16.6. The van der Waals surface area contributed by atoms with Gasteiger partial charge in [-0.1, -0.05) is 54.6 Å². The lowest BCUT2D eigenvalue weighted by Crippen LogP contribution is -2.41. The summed E-state index contributed by atoms with van der Waals surface area (Å²) in [5, 5.41) is 10.8. The van der Waals surface area contributed by atoms with Crippen LogP contribution in [0.1, 0.15) is 27.2 Å². The summed E-state index contributed by atoms with van der Waals surface area (Å²) < 4.78 is 23.1. The molecule has 220 valence electrons. The Morgan fingerprint density at radius 1 is 1.02 bits per heavy atom. The number of fused-ring (bicyclic) bond motifs is 3. The van der Waals surface area contributed by atoms with Gasteiger partial charge in [0, 0.05) is 31.0 Å². The van der Waals surface area contributed by atoms with Crippen molar-refractivity contribution in [3.8, 4) is 5.75 Å². The number of aromatic nitrogens is 1. The Labute approximate surface area is 249 Å². The van der Waals surface area contributed by atoms with E-state index in [1.807, 2.05) is 66.7 Å². The first-order valence-electron chi connectivity index (χ1n) is 14.6. The van der Waals surface area contributed by atoms with Crippen LogP contribution < -0.4 is 4.74 Å². The topological polar surface area (TPSA) is 103 Å². The summed E-state index contributed by atoms with van der Waals surface area (Å²) >= 11 is 0. The van der Waals surface area contributed by atoms with Gasteiger partial charge < -0.3 is 29.0 Å². The zero-order valence-electron chi connectivity index (χ0n) is 23.9. The number of rotatable bonds is 7. The number of hydrogen-bond donors (Lipinski definition) is 1. The zero-order chi connectivity index (χ0) is 29.3. The average molecular weight is 580 g/mol. The van der Waals surface area contributed by atoms with Crippen molar-refractivity contribution in [1.82, 2.24) is 9.88 Å². The summed E-state index contributed by atoms with van der Waals surface area (Å²) in [6, 6.07) is 25.6. The van der Waals surface area contributed by atoms with Gasteiger partial charge in [0.1, 0.15) is 29.9 Å². The van der Waals surface area contributed by atoms with Crippen LogP contribution in [0.4, 0.5) is 5.69 Å². The minimum absolute atomic E-state index is 0.242. The highest BCUT2D eigenvalue weighted by Crippen LogP contribution is 2.33. The van der Waals surface area contributed by atoms with Crippen LogP contribution in [0, 0.1) is 0 Å². The number of aliphatic imine (C=N–C) groups is 1. The molecule has 9 nitrogen and oxygen atoms in total. The molecule has 3 aliphatic heterocycles. The molecular weight excluding hydrogens is 546 g/mol. The van der Waals surface area contributed by atoms with Gasteiger partial charge in [-0.3, -0.25) is 4.98 Å². The number of esters is 1. The van der Waals surface area contributed by atoms with Gasteiger partial charge >= 0.3 is 5.97 Å². The first-order chi connectivity index (χ1) is 21.1. The lowest BCUT2D eigenvalue weighted by Gasteiger charge is -2.33. The summed E-state index contributed by atoms with van der Waals surface area (Å²) in [6.07, 6.45) is -0.155. The van der Waals surface area contributed by atoms with Gasteiger partial charge in [-0.2, -0.15) is 0 Å². The van der Waals surface area contributed by atoms with E-state index >= 15 is 0 Å². The van der Waals surface area contributed by atoms with Crippen molar-refractivity contribution in [1.29, 1.82) is 0 Å². The van der Waals surface area contributed by atoms with Gasteiger partial charge in [0.25, 0.3) is 0 Å². The van der Waals surface area contributed by atoms with Crippen LogP contribution in [0.5, 0.6) is 5.75 Å². The Bertz CT molecular complexity index is 1680. The molecule has 3 aliphatic rings. The monoisotopic (exact) mass is 579 g/mol. The van der Waals surface area contributed by atoms with Crippen LogP contribution in [0.15, 0.2) is 83.9 Å². The van der Waals surface area contributed by atoms with Gasteiger partial charge in [0.2, 0.25) is 0 Å². The van der Waals surface area contributed by atoms with Crippen molar-refractivity contribution >= 4 is 28.4 Å². The van der Waals surface area contributed by atoms with E-state index < -0.39 is 12.1 Å². The van der Waals surface area contributed by atoms with Crippen LogP contribution in [0.3, 0.4) is 0 Å². The molecule has 4 atom stereocenters. The van der Waals surface area contributed by atoms with Gasteiger partial charge in [0.05, 0.1) is 48.3 Å². The Morgan fingerprint density at radius 3 is 2.70 bits per heavy atom. The van der Waals surface area contributed by atoms with Gasteiger partial charge in [-0.05, 0) is 30.2 Å². The molecule has 0 radical (unpaired) electrons. The molecular formula is C34H33N3O6. The smallest absolute Gasteiger partial charge is 0.339 e. The lowest BCUT2D eigenvalue weighted by molar-refractivity contribution is 0.00863. The zero-order valence-corrected chi connectivity index (χ0v) is 23.9.